The van der Waals surface area contributed by atoms with Crippen LogP contribution in [0.25, 0.3) is 11.3 Å². The molecular weight excluding hydrogens is 1140 g/mol. The number of carbonyl (C=O) groups excluding carboxylic acids is 5. The lowest BCUT2D eigenvalue weighted by Crippen LogP contribution is -2.67. The van der Waals surface area contributed by atoms with Gasteiger partial charge in [0.2, 0.25) is 11.5 Å². The number of ether oxygens (including phenoxy) is 3. The Hall–Kier alpha value is -5.33. The van der Waals surface area contributed by atoms with E-state index in [-0.39, 0.29) is 82.6 Å². The van der Waals surface area contributed by atoms with Crippen LogP contribution in [0, 0.1) is 34.0 Å². The number of aromatic nitrogens is 4. The zero-order valence-electron chi connectivity index (χ0n) is 47.4. The Morgan fingerprint density at radius 1 is 1.02 bits per heavy atom. The lowest BCUT2D eigenvalue weighted by molar-refractivity contribution is -0.671. The number of thioether (sulfide) groups is 3. The highest BCUT2D eigenvalue weighted by Crippen LogP contribution is 2.68. The Morgan fingerprint density at radius 3 is 2.50 bits per heavy atom. The summed E-state index contributed by atoms with van der Waals surface area (Å²) in [5.74, 6) is -2.06. The molecule has 3 aromatic heterocycles. The number of piperidine rings is 1. The first-order valence-corrected chi connectivity index (χ1v) is 32.9. The number of pyridine rings is 1. The number of carbonyl (C=O) groups is 5. The molecule has 0 radical (unpaired) electrons. The number of amides is 1. The Kier molecular flexibility index (Phi) is 16.8. The van der Waals surface area contributed by atoms with Gasteiger partial charge in [-0.05, 0) is 88.8 Å². The molecule has 7 heterocycles. The van der Waals surface area contributed by atoms with Gasteiger partial charge in [0.05, 0.1) is 22.9 Å². The van der Waals surface area contributed by atoms with Crippen molar-refractivity contribution in [2.75, 3.05) is 37.4 Å². The average Bonchev–Trinajstić information content (AvgIpc) is 3.97. The zero-order chi connectivity index (χ0) is 57.8. The average molecular weight is 1210 g/mol. The monoisotopic (exact) mass is 1210 g/mol. The summed E-state index contributed by atoms with van der Waals surface area (Å²) in [6.07, 6.45) is 11.7. The number of nitrogen functional groups attached to an aromatic ring is 1. The summed E-state index contributed by atoms with van der Waals surface area (Å²) in [5, 5.41) is 9.22. The maximum Gasteiger partial charge on any atom is 0.360 e. The van der Waals surface area contributed by atoms with Gasteiger partial charge in [-0.25, -0.2) is 19.1 Å². The first-order chi connectivity index (χ1) is 39.3. The highest BCUT2D eigenvalue weighted by Gasteiger charge is 2.69. The van der Waals surface area contributed by atoms with Crippen LogP contribution in [-0.4, -0.2) is 132 Å². The van der Waals surface area contributed by atoms with Gasteiger partial charge < -0.3 is 39.9 Å². The molecule has 5 unspecified atom stereocenters. The Balaban J connectivity index is 0.862. The van der Waals surface area contributed by atoms with Crippen LogP contribution in [0.1, 0.15) is 109 Å². The van der Waals surface area contributed by atoms with Crippen LogP contribution in [-0.2, 0) is 40.5 Å². The minimum absolute atomic E-state index is 0.00182. The third-order valence-electron chi connectivity index (χ3n) is 19.2. The van der Waals surface area contributed by atoms with E-state index >= 15 is 9.59 Å². The minimum atomic E-state index is -0.920. The summed E-state index contributed by atoms with van der Waals surface area (Å²) < 4.78 is 26.8. The van der Waals surface area contributed by atoms with Crippen molar-refractivity contribution in [3.63, 3.8) is 0 Å². The molecule has 436 valence electrons. The molecule has 3 saturated carbocycles. The Morgan fingerprint density at radius 2 is 1.78 bits per heavy atom. The number of aryl methyl sites for hydroxylation is 1. The van der Waals surface area contributed by atoms with E-state index in [9.17, 15) is 14.4 Å². The van der Waals surface area contributed by atoms with E-state index in [1.54, 1.807) is 54.7 Å². The van der Waals surface area contributed by atoms with Gasteiger partial charge in [-0.3, -0.25) is 14.4 Å². The second-order valence-corrected chi connectivity index (χ2v) is 29.0. The molecule has 3 N–H and O–H groups in total. The first kappa shape index (κ1) is 58.4. The van der Waals surface area contributed by atoms with Crippen LogP contribution >= 0.6 is 58.2 Å². The van der Waals surface area contributed by atoms with E-state index < -0.39 is 63.6 Å². The zero-order valence-corrected chi connectivity index (χ0v) is 51.5. The van der Waals surface area contributed by atoms with E-state index in [2.05, 4.69) is 59.1 Å². The van der Waals surface area contributed by atoms with Crippen LogP contribution in [0.5, 0.6) is 5.75 Å². The fourth-order valence-electron chi connectivity index (χ4n) is 14.5. The molecule has 0 spiro atoms. The molecule has 11 rings (SSSR count). The van der Waals surface area contributed by atoms with Crippen molar-refractivity contribution in [2.45, 2.75) is 138 Å². The molecule has 23 heteroatoms. The highest BCUT2D eigenvalue weighted by atomic mass is 32.2. The predicted octanol–water partition coefficient (Wildman–Crippen LogP) is 8.72. The van der Waals surface area contributed by atoms with Gasteiger partial charge in [0.25, 0.3) is 5.91 Å². The van der Waals surface area contributed by atoms with Crippen molar-refractivity contribution < 1.29 is 47.6 Å². The number of nitrogens with zero attached hydrogens (tertiary/aromatic N) is 7. The number of fused-ring (bicyclic) bond motifs is 3. The number of thiazole rings is 1. The molecule has 3 aliphatic carbocycles. The summed E-state index contributed by atoms with van der Waals surface area (Å²) in [4.78, 5) is 92.4. The van der Waals surface area contributed by atoms with Crippen LogP contribution in [0.2, 0.25) is 0 Å². The number of anilines is 1. The fourth-order valence-corrected chi connectivity index (χ4v) is 19.6. The van der Waals surface area contributed by atoms with Gasteiger partial charge in [0.1, 0.15) is 48.7 Å². The number of nitrogens with one attached hydrogen (secondary N) is 1. The molecule has 1 amide bonds. The Labute approximate surface area is 499 Å². The van der Waals surface area contributed by atoms with Gasteiger partial charge in [-0.2, -0.15) is 9.36 Å². The van der Waals surface area contributed by atoms with Crippen molar-refractivity contribution in [2.24, 2.45) is 46.2 Å². The van der Waals surface area contributed by atoms with Crippen molar-refractivity contribution in [3.8, 4) is 17.0 Å². The molecule has 4 aromatic rings. The second kappa shape index (κ2) is 23.6. The minimum Gasteiger partial charge on any atom is -0.461 e. The van der Waals surface area contributed by atoms with E-state index in [1.165, 1.54) is 35.9 Å². The molecule has 1 aromatic carbocycles. The van der Waals surface area contributed by atoms with Crippen LogP contribution in [0.3, 0.4) is 0 Å². The summed E-state index contributed by atoms with van der Waals surface area (Å²) >= 11 is 7.03. The van der Waals surface area contributed by atoms with Crippen LogP contribution in [0.4, 0.5) is 5.13 Å². The molecule has 4 bridgehead atoms. The number of oxime groups is 1. The van der Waals surface area contributed by atoms with Gasteiger partial charge in [0, 0.05) is 98.2 Å². The van der Waals surface area contributed by atoms with Crippen molar-refractivity contribution in [1.29, 1.82) is 0 Å². The Bertz CT molecular complexity index is 3200. The number of para-hydroxylation sites is 1. The quantitative estimate of drug-likeness (QED) is 0.0252. The molecule has 18 nitrogen and oxygen atoms in total. The van der Waals surface area contributed by atoms with Gasteiger partial charge >= 0.3 is 17.9 Å². The van der Waals surface area contributed by atoms with E-state index in [0.29, 0.717) is 40.8 Å². The third-order valence-corrected chi connectivity index (χ3v) is 24.6. The number of hydrogen-bond acceptors (Lipinski definition) is 21. The number of benzene rings is 1. The second-order valence-electron chi connectivity index (χ2n) is 23.7. The van der Waals surface area contributed by atoms with Gasteiger partial charge in [0.15, 0.2) is 21.9 Å². The topological polar surface area (TPSA) is 222 Å². The number of esters is 3. The summed E-state index contributed by atoms with van der Waals surface area (Å²) in [6, 6.07) is 11.2. The molecule has 3 saturated heterocycles. The lowest BCUT2D eigenvalue weighted by atomic mass is 9.44. The number of ketones is 1. The summed E-state index contributed by atoms with van der Waals surface area (Å²) in [7, 11) is 4.17. The maximum absolute atomic E-state index is 15.2. The normalized spacial score (nSPS) is 32.4. The van der Waals surface area contributed by atoms with E-state index in [0.717, 1.165) is 52.8 Å². The van der Waals surface area contributed by atoms with E-state index in [4.69, 9.17) is 29.8 Å². The smallest absolute Gasteiger partial charge is 0.360 e. The van der Waals surface area contributed by atoms with Crippen molar-refractivity contribution >= 4 is 98.6 Å². The molecule has 6 fully saturated rings. The summed E-state index contributed by atoms with van der Waals surface area (Å²) in [5.41, 5.74) is 5.68. The molecular formula is C59H72N9O9S5+. The summed E-state index contributed by atoms with van der Waals surface area (Å²) in [6.45, 7) is 15.1. The number of Topliss-reactive ketones (excluding diaryl/α,β-unsaturated/α-hetero) is 1. The van der Waals surface area contributed by atoms with Crippen molar-refractivity contribution in [3.05, 3.63) is 88.8 Å². The third kappa shape index (κ3) is 10.9. The largest absolute Gasteiger partial charge is 0.461 e. The lowest BCUT2D eigenvalue weighted by Gasteiger charge is -2.62. The standard InChI is InChI=1S/C59H71N9O9S5/c1-9-57(5)27-44(76-45(70)31-78-37-25-35-15-16-36(26-37)67(35)8)58(6)32(3)17-21-59(22-18-41(69)48(58)59)33(4)49(57)77-53(72)38-13-11-12-14-42(38)75-54(73)47-43(81-56-62-40(29-80-56)34-19-23-66(7)24-20-34)30-79-52-39(28-68(47)52)61-51(71)46(64-74-10-2)50-63-55(60)82-65-50/h9,11-14,19-20,23-24,29,32-33,35-37,39,44,48-49,52H,1,10,15-18,21-22,25-28,30-31H2,2-8H3,(H2-,60,61,63,65,71)/p+1/t32?,33-,35?,36?,37?,39-,44+,48?,49-,52-,57+,58-,59?/m1/s1. The highest BCUT2D eigenvalue weighted by molar-refractivity contribution is 8.07. The first-order valence-electron chi connectivity index (χ1n) is 28.4. The molecule has 7 aliphatic rings. The predicted molar refractivity (Wildman–Crippen MR) is 319 cm³/mol. The van der Waals surface area contributed by atoms with E-state index in [1.807, 2.05) is 59.4 Å². The van der Waals surface area contributed by atoms with Crippen LogP contribution < -0.4 is 20.4 Å². The van der Waals surface area contributed by atoms with Gasteiger partial charge in [-0.1, -0.05) is 62.8 Å². The molecule has 82 heavy (non-hydrogen) atoms. The van der Waals surface area contributed by atoms with Crippen molar-refractivity contribution in [1.82, 2.24) is 29.5 Å². The fraction of sp³-hybridized carbons (Fsp3) is 0.559. The number of nitrogens with two attached hydrogens (primary N) is 1. The number of hydrogen-bond donors (Lipinski definition) is 2. The van der Waals surface area contributed by atoms with Crippen LogP contribution in [0.15, 0.2) is 86.9 Å². The molecule has 4 aliphatic heterocycles. The van der Waals surface area contributed by atoms with Gasteiger partial charge in [-0.15, -0.1) is 41.4 Å². The number of rotatable bonds is 17. The SMILES string of the molecule is C=C[C@@]1(C)C[C@H](OC(=O)CSC2CC3CCC(C2)N3C)[C@@]2(C)C(C)CCC3(CCC(=O)C32)[C@H](C)[C@H]1OC(=O)c1ccccc1OC(=O)C1=C(Sc2nc(-c3cc[n+](C)cc3)cs2)CS[C@@H]2[C@H](NC(=O)C(=NOCC)c3nsc(N)n3)CN12. The maximum atomic E-state index is 15.2. The molecule has 12 atom stereocenters.